The molecule has 0 unspecified atom stereocenters. The van der Waals surface area contributed by atoms with Crippen molar-refractivity contribution in [1.29, 1.82) is 0 Å². The molecule has 1 aliphatic rings. The van der Waals surface area contributed by atoms with Gasteiger partial charge in [-0.05, 0) is 0 Å². The molecule has 2 heterocycles. The number of imidazole rings is 1. The second-order valence-electron chi connectivity index (χ2n) is 2.63. The summed E-state index contributed by atoms with van der Waals surface area (Å²) >= 11 is 0. The summed E-state index contributed by atoms with van der Waals surface area (Å²) in [5.41, 5.74) is 1.00. The van der Waals surface area contributed by atoms with E-state index in [2.05, 4.69) is 10.3 Å². The van der Waals surface area contributed by atoms with Crippen LogP contribution in [0.4, 0.5) is 0 Å². The molecule has 1 aliphatic heterocycles. The molecule has 0 radical (unpaired) electrons. The number of rotatable bonds is 0. The number of nitrogens with one attached hydrogen (secondary N) is 1. The monoisotopic (exact) mass is 189 g/mol. The lowest BCUT2D eigenvalue weighted by Gasteiger charge is -2.02. The van der Waals surface area contributed by atoms with Crippen molar-refractivity contribution in [2.45, 2.75) is 6.54 Å². The van der Waals surface area contributed by atoms with Crippen LogP contribution < -0.4 is 10.1 Å². The maximum Gasteiger partial charge on any atom is 0.218 e. The fourth-order valence-corrected chi connectivity index (χ4v) is 1.20. The van der Waals surface area contributed by atoms with Crippen molar-refractivity contribution in [2.75, 3.05) is 13.2 Å². The summed E-state index contributed by atoms with van der Waals surface area (Å²) < 4.78 is 7.36. The molecule has 0 aromatic carbocycles. The van der Waals surface area contributed by atoms with E-state index < -0.39 is 0 Å². The van der Waals surface area contributed by atoms with Gasteiger partial charge in [-0.2, -0.15) is 0 Å². The highest BCUT2D eigenvalue weighted by molar-refractivity contribution is 5.85. The van der Waals surface area contributed by atoms with Crippen molar-refractivity contribution in [3.63, 3.8) is 0 Å². The Morgan fingerprint density at radius 3 is 3.33 bits per heavy atom. The molecule has 1 aromatic rings. The second kappa shape index (κ2) is 3.78. The number of aryl methyl sites for hydroxylation is 1. The summed E-state index contributed by atoms with van der Waals surface area (Å²) in [5.74, 6) is 0.898. The zero-order valence-electron chi connectivity index (χ0n) is 6.91. The molecular formula is C7H12ClN3O. The van der Waals surface area contributed by atoms with Gasteiger partial charge >= 0.3 is 0 Å². The van der Waals surface area contributed by atoms with Crippen molar-refractivity contribution in [3.05, 3.63) is 12.0 Å². The van der Waals surface area contributed by atoms with Gasteiger partial charge in [-0.3, -0.25) is 0 Å². The van der Waals surface area contributed by atoms with Gasteiger partial charge in [-0.15, -0.1) is 12.4 Å². The predicted octanol–water partition coefficient (Wildman–Crippen LogP) is 0.324. The minimum Gasteiger partial charge on any atom is -0.476 e. The summed E-state index contributed by atoms with van der Waals surface area (Å²) in [6, 6.07) is 0. The molecule has 68 valence electrons. The fraction of sp³-hybridized carbons (Fsp3) is 0.571. The molecule has 0 saturated carbocycles. The quantitative estimate of drug-likeness (QED) is 0.639. The van der Waals surface area contributed by atoms with Crippen LogP contribution >= 0.6 is 12.4 Å². The molecule has 4 nitrogen and oxygen atoms in total. The summed E-state index contributed by atoms with van der Waals surface area (Å²) in [7, 11) is 1.94. The van der Waals surface area contributed by atoms with E-state index in [0.717, 1.165) is 31.3 Å². The molecule has 5 heteroatoms. The van der Waals surface area contributed by atoms with Crippen molar-refractivity contribution in [3.8, 4) is 5.88 Å². The molecule has 0 amide bonds. The van der Waals surface area contributed by atoms with E-state index in [4.69, 9.17) is 4.74 Å². The molecule has 0 atom stereocenters. The molecule has 0 saturated heterocycles. The van der Waals surface area contributed by atoms with Crippen molar-refractivity contribution in [2.24, 2.45) is 7.05 Å². The highest BCUT2D eigenvalue weighted by Gasteiger charge is 2.12. The van der Waals surface area contributed by atoms with Gasteiger partial charge in [-0.1, -0.05) is 0 Å². The maximum atomic E-state index is 5.46. The number of aromatic nitrogens is 2. The third-order valence-corrected chi connectivity index (χ3v) is 1.76. The van der Waals surface area contributed by atoms with E-state index in [0.29, 0.717) is 0 Å². The van der Waals surface area contributed by atoms with E-state index in [-0.39, 0.29) is 12.4 Å². The molecule has 0 spiro atoms. The number of ether oxygens (including phenoxy) is 1. The molecule has 0 bridgehead atoms. The van der Waals surface area contributed by atoms with Crippen LogP contribution in [0.2, 0.25) is 0 Å². The summed E-state index contributed by atoms with van der Waals surface area (Å²) in [4.78, 5) is 4.19. The van der Waals surface area contributed by atoms with E-state index in [1.54, 1.807) is 6.33 Å². The Balaban J connectivity index is 0.000000720. The number of hydrogen-bond donors (Lipinski definition) is 1. The standard InChI is InChI=1S/C7H11N3O.ClH/c1-10-5-9-6-4-8-2-3-11-7(6)10;/h5,8H,2-4H2,1H3;1H. The number of fused-ring (bicyclic) bond motifs is 1. The SMILES string of the molecule is Cl.Cn1cnc2c1OCCNC2. The molecular weight excluding hydrogens is 178 g/mol. The van der Waals surface area contributed by atoms with Crippen LogP contribution in [-0.4, -0.2) is 22.7 Å². The first-order chi connectivity index (χ1) is 5.38. The Morgan fingerprint density at radius 1 is 1.67 bits per heavy atom. The van der Waals surface area contributed by atoms with Gasteiger partial charge in [-0.25, -0.2) is 4.98 Å². The molecule has 1 aromatic heterocycles. The minimum absolute atomic E-state index is 0. The zero-order valence-corrected chi connectivity index (χ0v) is 7.73. The number of halogens is 1. The summed E-state index contributed by atoms with van der Waals surface area (Å²) in [5, 5.41) is 3.22. The van der Waals surface area contributed by atoms with Crippen LogP contribution in [-0.2, 0) is 13.6 Å². The van der Waals surface area contributed by atoms with Crippen molar-refractivity contribution < 1.29 is 4.74 Å². The third kappa shape index (κ3) is 1.54. The lowest BCUT2D eigenvalue weighted by atomic mass is 10.4. The van der Waals surface area contributed by atoms with Crippen LogP contribution in [0.25, 0.3) is 0 Å². The zero-order chi connectivity index (χ0) is 7.68. The van der Waals surface area contributed by atoms with Crippen LogP contribution in [0.1, 0.15) is 5.69 Å². The van der Waals surface area contributed by atoms with E-state index >= 15 is 0 Å². The number of hydrogen-bond acceptors (Lipinski definition) is 3. The average molecular weight is 190 g/mol. The minimum atomic E-state index is 0. The van der Waals surface area contributed by atoms with Crippen molar-refractivity contribution >= 4 is 12.4 Å². The van der Waals surface area contributed by atoms with Gasteiger partial charge in [0.2, 0.25) is 5.88 Å². The first kappa shape index (κ1) is 9.35. The van der Waals surface area contributed by atoms with Crippen molar-refractivity contribution in [1.82, 2.24) is 14.9 Å². The largest absolute Gasteiger partial charge is 0.476 e. The molecule has 0 aliphatic carbocycles. The Morgan fingerprint density at radius 2 is 2.50 bits per heavy atom. The maximum absolute atomic E-state index is 5.46. The van der Waals surface area contributed by atoms with E-state index in [1.165, 1.54) is 0 Å². The van der Waals surface area contributed by atoms with Gasteiger partial charge in [0.05, 0.1) is 6.33 Å². The summed E-state index contributed by atoms with van der Waals surface area (Å²) in [6.07, 6.45) is 1.78. The van der Waals surface area contributed by atoms with Crippen LogP contribution in [0, 0.1) is 0 Å². The second-order valence-corrected chi connectivity index (χ2v) is 2.63. The third-order valence-electron chi connectivity index (χ3n) is 1.76. The lowest BCUT2D eigenvalue weighted by Crippen LogP contribution is -2.16. The highest BCUT2D eigenvalue weighted by Crippen LogP contribution is 2.16. The molecule has 0 fully saturated rings. The average Bonchev–Trinajstić information content (AvgIpc) is 2.25. The van der Waals surface area contributed by atoms with Crippen LogP contribution in [0.3, 0.4) is 0 Å². The fourth-order valence-electron chi connectivity index (χ4n) is 1.20. The first-order valence-electron chi connectivity index (χ1n) is 3.71. The Labute approximate surface area is 77.3 Å². The van der Waals surface area contributed by atoms with Gasteiger partial charge in [0.15, 0.2) is 0 Å². The Kier molecular flexibility index (Phi) is 2.94. The Bertz CT molecular complexity index is 261. The van der Waals surface area contributed by atoms with Crippen LogP contribution in [0.15, 0.2) is 6.33 Å². The van der Waals surface area contributed by atoms with Gasteiger partial charge in [0.1, 0.15) is 12.3 Å². The lowest BCUT2D eigenvalue weighted by molar-refractivity contribution is 0.303. The van der Waals surface area contributed by atoms with E-state index in [9.17, 15) is 0 Å². The molecule has 12 heavy (non-hydrogen) atoms. The first-order valence-corrected chi connectivity index (χ1v) is 3.71. The van der Waals surface area contributed by atoms with Gasteiger partial charge in [0, 0.05) is 20.1 Å². The summed E-state index contributed by atoms with van der Waals surface area (Å²) in [6.45, 7) is 2.44. The topological polar surface area (TPSA) is 39.1 Å². The smallest absolute Gasteiger partial charge is 0.218 e. The molecule has 1 N–H and O–H groups in total. The highest BCUT2D eigenvalue weighted by atomic mass is 35.5. The normalized spacial score (nSPS) is 15.4. The molecule has 2 rings (SSSR count). The van der Waals surface area contributed by atoms with Gasteiger partial charge < -0.3 is 14.6 Å². The van der Waals surface area contributed by atoms with Crippen LogP contribution in [0.5, 0.6) is 5.88 Å². The van der Waals surface area contributed by atoms with Gasteiger partial charge in [0.25, 0.3) is 0 Å². The van der Waals surface area contributed by atoms with E-state index in [1.807, 2.05) is 11.6 Å². The predicted molar refractivity (Wildman–Crippen MR) is 47.7 cm³/mol. The Hall–Kier alpha value is -0.740. The number of nitrogens with zero attached hydrogens (tertiary/aromatic N) is 2.